The van der Waals surface area contributed by atoms with Crippen LogP contribution in [0.5, 0.6) is 0 Å². The molecule has 0 aliphatic carbocycles. The Hall–Kier alpha value is -3.29. The van der Waals surface area contributed by atoms with Crippen LogP contribution in [0.25, 0.3) is 0 Å². The molecule has 1 unspecified atom stereocenters. The Kier molecular flexibility index (Phi) is 14.0. The van der Waals surface area contributed by atoms with Crippen LogP contribution in [0.15, 0.2) is 48.8 Å². The molecule has 0 aliphatic rings. The molecule has 0 saturated carbocycles. The minimum atomic E-state index is -0.476. The number of carbonyl (C=O) groups is 3. The third-order valence-corrected chi connectivity index (χ3v) is 5.53. The zero-order chi connectivity index (χ0) is 27.1. The molecule has 0 fully saturated rings. The van der Waals surface area contributed by atoms with Crippen molar-refractivity contribution in [2.75, 3.05) is 18.4 Å². The lowest BCUT2D eigenvalue weighted by Crippen LogP contribution is -2.48. The van der Waals surface area contributed by atoms with E-state index in [0.717, 1.165) is 49.2 Å². The highest BCUT2D eigenvalue weighted by Crippen LogP contribution is 2.12. The van der Waals surface area contributed by atoms with Crippen LogP contribution in [-0.4, -0.2) is 36.9 Å². The highest BCUT2D eigenvalue weighted by atomic mass is 16.5. The summed E-state index contributed by atoms with van der Waals surface area (Å²) in [6.45, 7) is 18.4. The Bertz CT molecular complexity index is 878. The Morgan fingerprint density at radius 1 is 0.944 bits per heavy atom. The second-order valence-electron chi connectivity index (χ2n) is 9.54. The Morgan fingerprint density at radius 3 is 2.19 bits per heavy atom. The SMILES string of the molecule is C=C(CC)NCCCCC(=C)NC(C(=O)NCC(=O)Nc1ccc(COC(=O)C(C)C)cc1)C(C)C. The lowest BCUT2D eigenvalue weighted by atomic mass is 10.0. The standard InChI is InChI=1S/C28H44N4O4/c1-8-21(6)29-16-10-9-11-22(7)31-26(19(2)3)27(34)30-17-25(33)32-24-14-12-23(13-15-24)18-36-28(35)20(4)5/h12-15,19-20,26,29,31H,6-11,16-18H2,1-5H3,(H,30,34)(H,32,33). The average molecular weight is 501 g/mol. The molecule has 1 atom stereocenters. The summed E-state index contributed by atoms with van der Waals surface area (Å²) < 4.78 is 5.20. The molecule has 0 bridgehead atoms. The maximum absolute atomic E-state index is 12.7. The number of hydrogen-bond acceptors (Lipinski definition) is 6. The number of esters is 1. The molecule has 0 saturated heterocycles. The van der Waals surface area contributed by atoms with E-state index in [0.29, 0.717) is 5.69 Å². The molecule has 2 amide bonds. The summed E-state index contributed by atoms with van der Waals surface area (Å²) in [5.74, 6) is -0.986. The van der Waals surface area contributed by atoms with E-state index in [4.69, 9.17) is 4.74 Å². The first-order valence-corrected chi connectivity index (χ1v) is 12.7. The van der Waals surface area contributed by atoms with E-state index < -0.39 is 6.04 Å². The van der Waals surface area contributed by atoms with Crippen LogP contribution in [0.2, 0.25) is 0 Å². The number of rotatable bonds is 17. The lowest BCUT2D eigenvalue weighted by Gasteiger charge is -2.24. The van der Waals surface area contributed by atoms with Crippen LogP contribution in [0.1, 0.15) is 65.9 Å². The van der Waals surface area contributed by atoms with E-state index in [1.165, 1.54) is 0 Å². The van der Waals surface area contributed by atoms with Gasteiger partial charge in [0, 0.05) is 23.6 Å². The van der Waals surface area contributed by atoms with Crippen molar-refractivity contribution in [3.8, 4) is 0 Å². The molecule has 8 heteroatoms. The molecule has 0 heterocycles. The minimum Gasteiger partial charge on any atom is -0.461 e. The van der Waals surface area contributed by atoms with E-state index in [1.807, 2.05) is 13.8 Å². The van der Waals surface area contributed by atoms with Crippen LogP contribution >= 0.6 is 0 Å². The number of benzene rings is 1. The minimum absolute atomic E-state index is 0.0247. The number of amides is 2. The van der Waals surface area contributed by atoms with Crippen LogP contribution in [-0.2, 0) is 25.7 Å². The number of allylic oxidation sites excluding steroid dienone is 2. The largest absolute Gasteiger partial charge is 0.461 e. The molecule has 0 spiro atoms. The molecule has 1 aromatic rings. The maximum atomic E-state index is 12.7. The summed E-state index contributed by atoms with van der Waals surface area (Å²) in [5, 5.41) is 12.0. The molecule has 0 aliphatic heterocycles. The van der Waals surface area contributed by atoms with Crippen molar-refractivity contribution in [1.29, 1.82) is 0 Å². The van der Waals surface area contributed by atoms with Crippen LogP contribution in [0, 0.1) is 11.8 Å². The van der Waals surface area contributed by atoms with E-state index >= 15 is 0 Å². The van der Waals surface area contributed by atoms with Gasteiger partial charge in [-0.05, 0) is 49.3 Å². The maximum Gasteiger partial charge on any atom is 0.308 e. The average Bonchev–Trinajstić information content (AvgIpc) is 2.84. The van der Waals surface area contributed by atoms with Gasteiger partial charge in [-0.3, -0.25) is 14.4 Å². The Morgan fingerprint density at radius 2 is 1.61 bits per heavy atom. The van der Waals surface area contributed by atoms with Gasteiger partial charge in [0.2, 0.25) is 11.8 Å². The number of hydrogen-bond donors (Lipinski definition) is 4. The first kappa shape index (κ1) is 30.7. The van der Waals surface area contributed by atoms with Crippen molar-refractivity contribution in [1.82, 2.24) is 16.0 Å². The monoisotopic (exact) mass is 500 g/mol. The highest BCUT2D eigenvalue weighted by Gasteiger charge is 2.22. The van der Waals surface area contributed by atoms with Gasteiger partial charge in [0.05, 0.1) is 12.5 Å². The summed E-state index contributed by atoms with van der Waals surface area (Å²) in [6, 6.07) is 6.55. The number of unbranched alkanes of at least 4 members (excludes halogenated alkanes) is 1. The number of anilines is 1. The second-order valence-corrected chi connectivity index (χ2v) is 9.54. The normalized spacial score (nSPS) is 11.5. The molecular weight excluding hydrogens is 456 g/mol. The first-order valence-electron chi connectivity index (χ1n) is 12.7. The van der Waals surface area contributed by atoms with Gasteiger partial charge in [-0.15, -0.1) is 0 Å². The van der Waals surface area contributed by atoms with Crippen LogP contribution in [0.4, 0.5) is 5.69 Å². The molecule has 4 N–H and O–H groups in total. The molecule has 1 rings (SSSR count). The van der Waals surface area contributed by atoms with Gasteiger partial charge in [-0.2, -0.15) is 0 Å². The van der Waals surface area contributed by atoms with E-state index in [1.54, 1.807) is 38.1 Å². The summed E-state index contributed by atoms with van der Waals surface area (Å²) in [7, 11) is 0. The second kappa shape index (κ2) is 16.4. The van der Waals surface area contributed by atoms with Crippen molar-refractivity contribution in [2.45, 2.75) is 73.0 Å². The van der Waals surface area contributed by atoms with E-state index in [2.05, 4.69) is 41.3 Å². The fourth-order valence-electron chi connectivity index (χ4n) is 3.17. The van der Waals surface area contributed by atoms with Crippen molar-refractivity contribution in [2.24, 2.45) is 11.8 Å². The predicted molar refractivity (Wildman–Crippen MR) is 145 cm³/mol. The van der Waals surface area contributed by atoms with Crippen molar-refractivity contribution in [3.05, 3.63) is 54.4 Å². The fourth-order valence-corrected chi connectivity index (χ4v) is 3.17. The van der Waals surface area contributed by atoms with Gasteiger partial charge in [0.15, 0.2) is 0 Å². The third kappa shape index (κ3) is 12.4. The fraction of sp³-hybridized carbons (Fsp3) is 0.536. The highest BCUT2D eigenvalue weighted by molar-refractivity contribution is 5.95. The molecule has 0 radical (unpaired) electrons. The first-order chi connectivity index (χ1) is 17.0. The summed E-state index contributed by atoms with van der Waals surface area (Å²) in [4.78, 5) is 36.6. The zero-order valence-electron chi connectivity index (χ0n) is 22.5. The smallest absolute Gasteiger partial charge is 0.308 e. The van der Waals surface area contributed by atoms with Crippen molar-refractivity contribution in [3.63, 3.8) is 0 Å². The van der Waals surface area contributed by atoms with Gasteiger partial charge in [0.1, 0.15) is 12.6 Å². The Balaban J connectivity index is 2.42. The van der Waals surface area contributed by atoms with Crippen molar-refractivity contribution < 1.29 is 19.1 Å². The summed E-state index contributed by atoms with van der Waals surface area (Å²) >= 11 is 0. The quantitative estimate of drug-likeness (QED) is 0.188. The number of carbonyl (C=O) groups excluding carboxylic acids is 3. The van der Waals surface area contributed by atoms with Gasteiger partial charge < -0.3 is 26.0 Å². The van der Waals surface area contributed by atoms with Gasteiger partial charge in [0.25, 0.3) is 0 Å². The van der Waals surface area contributed by atoms with Crippen molar-refractivity contribution >= 4 is 23.5 Å². The molecule has 200 valence electrons. The van der Waals surface area contributed by atoms with Crippen LogP contribution in [0.3, 0.4) is 0 Å². The zero-order valence-corrected chi connectivity index (χ0v) is 22.5. The van der Waals surface area contributed by atoms with E-state index in [9.17, 15) is 14.4 Å². The molecule has 0 aromatic heterocycles. The summed E-state index contributed by atoms with van der Waals surface area (Å²) in [6.07, 6.45) is 3.62. The molecule has 1 aromatic carbocycles. The van der Waals surface area contributed by atoms with Crippen LogP contribution < -0.4 is 21.3 Å². The summed E-state index contributed by atoms with van der Waals surface area (Å²) in [5.41, 5.74) is 3.26. The van der Waals surface area contributed by atoms with Gasteiger partial charge in [-0.1, -0.05) is 59.9 Å². The lowest BCUT2D eigenvalue weighted by molar-refractivity contribution is -0.148. The topological polar surface area (TPSA) is 109 Å². The molecular formula is C28H44N4O4. The molecule has 36 heavy (non-hydrogen) atoms. The third-order valence-electron chi connectivity index (χ3n) is 5.53. The molecule has 8 nitrogen and oxygen atoms in total. The van der Waals surface area contributed by atoms with E-state index in [-0.39, 0.29) is 42.8 Å². The Labute approximate surface area is 216 Å². The van der Waals surface area contributed by atoms with Gasteiger partial charge >= 0.3 is 5.97 Å². The predicted octanol–water partition coefficient (Wildman–Crippen LogP) is 4.25. The number of ether oxygens (including phenoxy) is 1. The van der Waals surface area contributed by atoms with Gasteiger partial charge in [-0.25, -0.2) is 0 Å². The number of nitrogens with one attached hydrogen (secondary N) is 4.